The molecule has 1 aromatic heterocycles. The van der Waals surface area contributed by atoms with Gasteiger partial charge in [0.2, 0.25) is 0 Å². The minimum Gasteiger partial charge on any atom is -0.494 e. The molecular weight excluding hydrogens is 420 g/mol. The van der Waals surface area contributed by atoms with Crippen molar-refractivity contribution in [1.29, 1.82) is 0 Å². The zero-order valence-electron chi connectivity index (χ0n) is 20.9. The highest BCUT2D eigenvalue weighted by molar-refractivity contribution is 5.75. The van der Waals surface area contributed by atoms with Crippen LogP contribution in [0.5, 0.6) is 11.5 Å². The molecule has 0 aliphatic heterocycles. The highest BCUT2D eigenvalue weighted by atomic mass is 16.5. The number of aromatic nitrogens is 2. The summed E-state index contributed by atoms with van der Waals surface area (Å²) in [7, 11) is 0. The number of fused-ring (bicyclic) bond motifs is 1. The largest absolute Gasteiger partial charge is 0.494 e. The highest BCUT2D eigenvalue weighted by Crippen LogP contribution is 2.28. The molecule has 34 heavy (non-hydrogen) atoms. The van der Waals surface area contributed by atoms with Crippen LogP contribution >= 0.6 is 0 Å². The average molecular weight is 457 g/mol. The van der Waals surface area contributed by atoms with Gasteiger partial charge in [0.1, 0.15) is 23.9 Å². The predicted octanol–water partition coefficient (Wildman–Crippen LogP) is 7.47. The van der Waals surface area contributed by atoms with E-state index in [2.05, 4.69) is 92.9 Å². The van der Waals surface area contributed by atoms with E-state index in [0.717, 1.165) is 54.2 Å². The smallest absolute Gasteiger partial charge is 0.147 e. The summed E-state index contributed by atoms with van der Waals surface area (Å²) in [4.78, 5) is 4.89. The standard InChI is InChI=1S/C30H36N2O2/c1-5-24-13-15-25(16-14-24)33-19-9-8-18-32-28-11-7-6-10-27(28)31-30(32)21-34-29-20-23(4)12-17-26(29)22(2)3/h6-7,10-17,20,22H,5,8-9,18-19,21H2,1-4H3. The van der Waals surface area contributed by atoms with E-state index in [1.807, 2.05) is 6.07 Å². The van der Waals surface area contributed by atoms with Crippen LogP contribution in [-0.2, 0) is 19.6 Å². The monoisotopic (exact) mass is 456 g/mol. The number of rotatable bonds is 11. The van der Waals surface area contributed by atoms with Crippen molar-refractivity contribution >= 4 is 11.0 Å². The van der Waals surface area contributed by atoms with Gasteiger partial charge in [-0.15, -0.1) is 0 Å². The Labute approximate surface area is 203 Å². The Balaban J connectivity index is 1.40. The van der Waals surface area contributed by atoms with Crippen LogP contribution in [0.1, 0.15) is 62.0 Å². The van der Waals surface area contributed by atoms with E-state index in [4.69, 9.17) is 14.5 Å². The molecule has 0 fully saturated rings. The summed E-state index contributed by atoms with van der Waals surface area (Å²) >= 11 is 0. The van der Waals surface area contributed by atoms with Crippen LogP contribution in [0.3, 0.4) is 0 Å². The molecule has 4 rings (SSSR count). The van der Waals surface area contributed by atoms with Crippen molar-refractivity contribution in [2.24, 2.45) is 0 Å². The Morgan fingerprint density at radius 2 is 1.71 bits per heavy atom. The molecule has 3 aromatic carbocycles. The first-order chi connectivity index (χ1) is 16.5. The van der Waals surface area contributed by atoms with E-state index >= 15 is 0 Å². The van der Waals surface area contributed by atoms with E-state index in [9.17, 15) is 0 Å². The second kappa shape index (κ2) is 11.2. The number of unbranched alkanes of at least 4 members (excludes halogenated alkanes) is 1. The van der Waals surface area contributed by atoms with Crippen LogP contribution < -0.4 is 9.47 Å². The van der Waals surface area contributed by atoms with Gasteiger partial charge in [0, 0.05) is 6.54 Å². The molecule has 0 saturated heterocycles. The lowest BCUT2D eigenvalue weighted by atomic mass is 10.0. The molecule has 4 nitrogen and oxygen atoms in total. The molecule has 0 N–H and O–H groups in total. The van der Waals surface area contributed by atoms with Crippen molar-refractivity contribution in [3.05, 3.63) is 89.2 Å². The summed E-state index contributed by atoms with van der Waals surface area (Å²) in [6, 6.07) is 23.2. The van der Waals surface area contributed by atoms with Gasteiger partial charge in [-0.05, 0) is 79.1 Å². The molecule has 0 aliphatic rings. The Kier molecular flexibility index (Phi) is 7.89. The molecule has 0 bridgehead atoms. The van der Waals surface area contributed by atoms with Crippen molar-refractivity contribution in [2.45, 2.75) is 66.0 Å². The van der Waals surface area contributed by atoms with E-state index in [1.165, 1.54) is 16.7 Å². The van der Waals surface area contributed by atoms with Gasteiger partial charge < -0.3 is 14.0 Å². The van der Waals surface area contributed by atoms with Gasteiger partial charge in [0.25, 0.3) is 0 Å². The topological polar surface area (TPSA) is 36.3 Å². The molecular formula is C30H36N2O2. The molecule has 0 aliphatic carbocycles. The van der Waals surface area contributed by atoms with Gasteiger partial charge in [0.15, 0.2) is 0 Å². The number of aryl methyl sites for hydroxylation is 3. The average Bonchev–Trinajstić information content (AvgIpc) is 3.20. The summed E-state index contributed by atoms with van der Waals surface area (Å²) < 4.78 is 14.6. The van der Waals surface area contributed by atoms with Crippen LogP contribution in [0.4, 0.5) is 0 Å². The minimum atomic E-state index is 0.410. The number of para-hydroxylation sites is 2. The SMILES string of the molecule is CCc1ccc(OCCCCn2c(COc3cc(C)ccc3C(C)C)nc3ccccc32)cc1. The third-order valence-corrected chi connectivity index (χ3v) is 6.26. The third-order valence-electron chi connectivity index (χ3n) is 6.26. The van der Waals surface area contributed by atoms with Gasteiger partial charge in [-0.3, -0.25) is 0 Å². The normalized spacial score (nSPS) is 11.3. The predicted molar refractivity (Wildman–Crippen MR) is 140 cm³/mol. The fraction of sp³-hybridized carbons (Fsp3) is 0.367. The highest BCUT2D eigenvalue weighted by Gasteiger charge is 2.13. The van der Waals surface area contributed by atoms with Crippen LogP contribution in [0.15, 0.2) is 66.7 Å². The summed E-state index contributed by atoms with van der Waals surface area (Å²) in [5, 5.41) is 0. The fourth-order valence-corrected chi connectivity index (χ4v) is 4.25. The first-order valence-corrected chi connectivity index (χ1v) is 12.4. The summed E-state index contributed by atoms with van der Waals surface area (Å²) in [5.41, 5.74) is 5.95. The van der Waals surface area contributed by atoms with E-state index < -0.39 is 0 Å². The lowest BCUT2D eigenvalue weighted by molar-refractivity contribution is 0.282. The summed E-state index contributed by atoms with van der Waals surface area (Å²) in [6.07, 6.45) is 3.05. The molecule has 178 valence electrons. The Morgan fingerprint density at radius 3 is 2.47 bits per heavy atom. The van der Waals surface area contributed by atoms with E-state index in [0.29, 0.717) is 19.1 Å². The lowest BCUT2D eigenvalue weighted by Crippen LogP contribution is -2.09. The first-order valence-electron chi connectivity index (χ1n) is 12.4. The number of hydrogen-bond acceptors (Lipinski definition) is 3. The molecule has 0 amide bonds. The number of hydrogen-bond donors (Lipinski definition) is 0. The molecule has 0 saturated carbocycles. The van der Waals surface area contributed by atoms with Gasteiger partial charge >= 0.3 is 0 Å². The quantitative estimate of drug-likeness (QED) is 0.220. The molecule has 4 aromatic rings. The maximum absolute atomic E-state index is 6.33. The van der Waals surface area contributed by atoms with Gasteiger partial charge in [-0.25, -0.2) is 4.98 Å². The summed E-state index contributed by atoms with van der Waals surface area (Å²) in [5.74, 6) is 3.27. The maximum Gasteiger partial charge on any atom is 0.147 e. The second-order valence-electron chi connectivity index (χ2n) is 9.21. The van der Waals surface area contributed by atoms with Gasteiger partial charge in [-0.1, -0.05) is 57.2 Å². The van der Waals surface area contributed by atoms with Crippen LogP contribution in [0, 0.1) is 6.92 Å². The van der Waals surface area contributed by atoms with E-state index in [1.54, 1.807) is 0 Å². The van der Waals surface area contributed by atoms with Crippen LogP contribution in [0.2, 0.25) is 0 Å². The Hall–Kier alpha value is -3.27. The zero-order chi connectivity index (χ0) is 23.9. The molecule has 0 atom stereocenters. The van der Waals surface area contributed by atoms with Crippen molar-refractivity contribution in [3.8, 4) is 11.5 Å². The Bertz CT molecular complexity index is 1210. The van der Waals surface area contributed by atoms with Gasteiger partial charge in [0.05, 0.1) is 17.6 Å². The molecule has 4 heteroatoms. The van der Waals surface area contributed by atoms with Crippen molar-refractivity contribution < 1.29 is 9.47 Å². The number of nitrogens with zero attached hydrogens (tertiary/aromatic N) is 2. The lowest BCUT2D eigenvalue weighted by Gasteiger charge is -2.16. The van der Waals surface area contributed by atoms with Crippen molar-refractivity contribution in [2.75, 3.05) is 6.61 Å². The van der Waals surface area contributed by atoms with Crippen molar-refractivity contribution in [1.82, 2.24) is 9.55 Å². The van der Waals surface area contributed by atoms with E-state index in [-0.39, 0.29) is 0 Å². The number of imidazole rings is 1. The Morgan fingerprint density at radius 1 is 0.912 bits per heavy atom. The maximum atomic E-state index is 6.33. The second-order valence-corrected chi connectivity index (χ2v) is 9.21. The van der Waals surface area contributed by atoms with Crippen LogP contribution in [0.25, 0.3) is 11.0 Å². The molecule has 0 spiro atoms. The third kappa shape index (κ3) is 5.80. The zero-order valence-corrected chi connectivity index (χ0v) is 20.9. The molecule has 0 unspecified atom stereocenters. The number of benzene rings is 3. The molecule has 0 radical (unpaired) electrons. The first kappa shape index (κ1) is 23.9. The van der Waals surface area contributed by atoms with Gasteiger partial charge in [-0.2, -0.15) is 0 Å². The summed E-state index contributed by atoms with van der Waals surface area (Å²) in [6.45, 7) is 10.7. The van der Waals surface area contributed by atoms with Crippen LogP contribution in [-0.4, -0.2) is 16.2 Å². The minimum absolute atomic E-state index is 0.410. The van der Waals surface area contributed by atoms with Crippen molar-refractivity contribution in [3.63, 3.8) is 0 Å². The number of ether oxygens (including phenoxy) is 2. The fourth-order valence-electron chi connectivity index (χ4n) is 4.25. The molecule has 1 heterocycles.